The lowest BCUT2D eigenvalue weighted by atomic mass is 11.6. The van der Waals surface area contributed by atoms with Crippen LogP contribution in [0, 0.1) is 11.5 Å². The molecule has 0 aliphatic heterocycles. The van der Waals surface area contributed by atoms with Crippen molar-refractivity contribution in [3.8, 4) is 6.26 Å². The van der Waals surface area contributed by atoms with Gasteiger partial charge in [0.1, 0.15) is 0 Å². The third-order valence-corrected chi connectivity index (χ3v) is 0. The fourth-order valence-electron chi connectivity index (χ4n) is 0. The Bertz CT molecular complexity index is 28.4. The second-order valence-corrected chi connectivity index (χ2v) is 0.100. The average Bonchev–Trinajstić information content (AvgIpc) is 1.46. The number of nitriles is 1. The molecule has 0 atom stereocenters. The Balaban J connectivity index is 0. The Labute approximate surface area is 29.6 Å². The molecule has 0 rings (SSSR count). The number of hydrogen-bond acceptors (Lipinski definition) is 4. The SMILES string of the molecule is N#CO.NN. The van der Waals surface area contributed by atoms with Crippen LogP contribution >= 0.6 is 0 Å². The van der Waals surface area contributed by atoms with Crippen LogP contribution in [-0.4, -0.2) is 5.11 Å². The van der Waals surface area contributed by atoms with Gasteiger partial charge in [-0.2, -0.15) is 5.26 Å². The Morgan fingerprint density at radius 1 is 1.60 bits per heavy atom. The zero-order valence-corrected chi connectivity index (χ0v) is 2.55. The fraction of sp³-hybridized carbons (Fsp3) is 0. The first-order valence-electron chi connectivity index (χ1n) is 0.781. The summed E-state index contributed by atoms with van der Waals surface area (Å²) in [4.78, 5) is 0. The second-order valence-electron chi connectivity index (χ2n) is 0.100. The number of hydrazine groups is 1. The van der Waals surface area contributed by atoms with Crippen LogP contribution in [0.2, 0.25) is 0 Å². The van der Waals surface area contributed by atoms with Crippen LogP contribution in [0.3, 0.4) is 0 Å². The highest BCUT2D eigenvalue weighted by molar-refractivity contribution is 4.30. The minimum Gasteiger partial charge on any atom is -0.443 e. The molecule has 5 N–H and O–H groups in total. The monoisotopic (exact) mass is 75.0 g/mol. The van der Waals surface area contributed by atoms with E-state index in [1.807, 2.05) is 0 Å². The van der Waals surface area contributed by atoms with E-state index in [4.69, 9.17) is 10.4 Å². The number of aliphatic hydroxyl groups is 1. The van der Waals surface area contributed by atoms with E-state index in [-0.39, 0.29) is 0 Å². The molecule has 4 nitrogen and oxygen atoms in total. The molecule has 0 radical (unpaired) electrons. The van der Waals surface area contributed by atoms with E-state index in [0.717, 1.165) is 6.26 Å². The average molecular weight is 75.1 g/mol. The maximum atomic E-state index is 6.88. The van der Waals surface area contributed by atoms with Gasteiger partial charge in [-0.25, -0.2) is 0 Å². The van der Waals surface area contributed by atoms with Gasteiger partial charge in [-0.15, -0.1) is 0 Å². The first-order chi connectivity index (χ1) is 2.41. The van der Waals surface area contributed by atoms with Gasteiger partial charge in [-0.1, -0.05) is 0 Å². The van der Waals surface area contributed by atoms with E-state index in [0.29, 0.717) is 0 Å². The number of rotatable bonds is 0. The fourth-order valence-corrected chi connectivity index (χ4v) is 0. The molecule has 0 aliphatic rings. The van der Waals surface area contributed by atoms with Gasteiger partial charge in [0, 0.05) is 0 Å². The van der Waals surface area contributed by atoms with Crippen molar-refractivity contribution in [3.05, 3.63) is 0 Å². The third-order valence-electron chi connectivity index (χ3n) is 0. The van der Waals surface area contributed by atoms with E-state index in [1.165, 1.54) is 0 Å². The summed E-state index contributed by atoms with van der Waals surface area (Å²) in [5.74, 6) is 8.00. The third kappa shape index (κ3) is 7.53. The van der Waals surface area contributed by atoms with Crippen molar-refractivity contribution in [2.24, 2.45) is 11.7 Å². The molecule has 0 spiro atoms. The summed E-state index contributed by atoms with van der Waals surface area (Å²) in [5.41, 5.74) is 0. The summed E-state index contributed by atoms with van der Waals surface area (Å²) >= 11 is 0. The van der Waals surface area contributed by atoms with Crippen molar-refractivity contribution in [1.29, 1.82) is 5.26 Å². The predicted molar refractivity (Wildman–Crippen MR) is 15.9 cm³/mol. The number of nitrogens with two attached hydrogens (primary N) is 2. The molecule has 0 heterocycles. The van der Waals surface area contributed by atoms with Gasteiger partial charge in [0.15, 0.2) is 0 Å². The van der Waals surface area contributed by atoms with E-state index < -0.39 is 0 Å². The van der Waals surface area contributed by atoms with Crippen LogP contribution in [0.5, 0.6) is 0 Å². The largest absolute Gasteiger partial charge is 0.443 e. The van der Waals surface area contributed by atoms with E-state index in [2.05, 4.69) is 11.7 Å². The Morgan fingerprint density at radius 3 is 1.60 bits per heavy atom. The van der Waals surface area contributed by atoms with Gasteiger partial charge >= 0.3 is 0 Å². The van der Waals surface area contributed by atoms with Crippen LogP contribution in [0.15, 0.2) is 0 Å². The van der Waals surface area contributed by atoms with Gasteiger partial charge in [0.2, 0.25) is 0 Å². The predicted octanol–water partition coefficient (Wildman–Crippen LogP) is -1.34. The van der Waals surface area contributed by atoms with Gasteiger partial charge in [-0.05, 0) is 0 Å². The zero-order chi connectivity index (χ0) is 4.71. The normalized spacial score (nSPS) is 2.60. The Kier molecular flexibility index (Phi) is 632. The van der Waals surface area contributed by atoms with Gasteiger partial charge in [0.05, 0.1) is 0 Å². The lowest BCUT2D eigenvalue weighted by Crippen LogP contribution is -2.02. The van der Waals surface area contributed by atoms with Crippen molar-refractivity contribution in [2.75, 3.05) is 0 Å². The molecule has 30 valence electrons. The molecule has 0 amide bonds. The Hall–Kier alpha value is -0.790. The molecule has 0 fully saturated rings. The van der Waals surface area contributed by atoms with E-state index in [9.17, 15) is 0 Å². The van der Waals surface area contributed by atoms with Crippen molar-refractivity contribution in [1.82, 2.24) is 0 Å². The van der Waals surface area contributed by atoms with Crippen molar-refractivity contribution in [2.45, 2.75) is 0 Å². The van der Waals surface area contributed by atoms with E-state index >= 15 is 0 Å². The first kappa shape index (κ1) is 8.88. The minimum atomic E-state index is 0.750. The van der Waals surface area contributed by atoms with Crippen LogP contribution < -0.4 is 11.7 Å². The molecule has 0 saturated heterocycles. The van der Waals surface area contributed by atoms with Crippen molar-refractivity contribution in [3.63, 3.8) is 0 Å². The van der Waals surface area contributed by atoms with Gasteiger partial charge in [-0.3, -0.25) is 11.7 Å². The van der Waals surface area contributed by atoms with Crippen LogP contribution in [0.25, 0.3) is 0 Å². The molecule has 0 unspecified atom stereocenters. The number of aliphatic hydroxyl groups excluding tert-OH is 1. The molecule has 0 aromatic carbocycles. The van der Waals surface area contributed by atoms with Crippen LogP contribution in [0.1, 0.15) is 0 Å². The molecule has 4 heteroatoms. The van der Waals surface area contributed by atoms with Crippen LogP contribution in [-0.2, 0) is 0 Å². The lowest BCUT2D eigenvalue weighted by Gasteiger charge is -1.27. The van der Waals surface area contributed by atoms with Crippen molar-refractivity contribution >= 4 is 0 Å². The second kappa shape index (κ2) is 356. The summed E-state index contributed by atoms with van der Waals surface area (Å²) in [6, 6.07) is 0. The Morgan fingerprint density at radius 2 is 1.60 bits per heavy atom. The highest BCUT2D eigenvalue weighted by Crippen LogP contribution is 1.06. The highest BCUT2D eigenvalue weighted by atomic mass is 16.2. The number of hydrogen-bond donors (Lipinski definition) is 3. The van der Waals surface area contributed by atoms with Gasteiger partial charge < -0.3 is 5.11 Å². The molecule has 0 aromatic rings. The minimum absolute atomic E-state index is 0.750. The molecule has 0 bridgehead atoms. The summed E-state index contributed by atoms with van der Waals surface area (Å²) in [5, 5.41) is 13.8. The lowest BCUT2D eigenvalue weighted by molar-refractivity contribution is 0.503. The summed E-state index contributed by atoms with van der Waals surface area (Å²) in [7, 11) is 0. The molecular weight excluding hydrogens is 70.0 g/mol. The summed E-state index contributed by atoms with van der Waals surface area (Å²) in [6.45, 7) is 0. The maximum Gasteiger partial charge on any atom is 0.283 e. The topological polar surface area (TPSA) is 96.1 Å². The summed E-state index contributed by atoms with van der Waals surface area (Å²) in [6.07, 6.45) is 0.750. The van der Waals surface area contributed by atoms with Gasteiger partial charge in [0.25, 0.3) is 6.26 Å². The molecular formula is CH5N3O. The van der Waals surface area contributed by atoms with E-state index in [1.54, 1.807) is 0 Å². The quantitative estimate of drug-likeness (QED) is 0.188. The molecule has 0 aromatic heterocycles. The summed E-state index contributed by atoms with van der Waals surface area (Å²) < 4.78 is 0. The zero-order valence-electron chi connectivity index (χ0n) is 2.55. The van der Waals surface area contributed by atoms with Crippen molar-refractivity contribution < 1.29 is 5.11 Å². The number of nitrogens with zero attached hydrogens (tertiary/aromatic N) is 1. The molecule has 0 saturated carbocycles. The first-order valence-corrected chi connectivity index (χ1v) is 0.781. The standard InChI is InChI=1S/CHNO.H4N2/c2-1-3;1-2/h3H;1-2H2. The molecule has 0 aliphatic carbocycles. The smallest absolute Gasteiger partial charge is 0.283 e. The highest BCUT2D eigenvalue weighted by Gasteiger charge is 1.16. The molecule has 5 heavy (non-hydrogen) atoms. The van der Waals surface area contributed by atoms with Crippen LogP contribution in [0.4, 0.5) is 0 Å². The maximum absolute atomic E-state index is 6.88.